The van der Waals surface area contributed by atoms with Gasteiger partial charge in [0.25, 0.3) is 5.91 Å². The first kappa shape index (κ1) is 13.8. The van der Waals surface area contributed by atoms with Crippen LogP contribution in [-0.4, -0.2) is 27.6 Å². The lowest BCUT2D eigenvalue weighted by atomic mass is 9.90. The number of benzene rings is 1. The third-order valence-corrected chi connectivity index (χ3v) is 3.95. The van der Waals surface area contributed by atoms with Gasteiger partial charge in [-0.1, -0.05) is 6.07 Å². The van der Waals surface area contributed by atoms with Crippen molar-refractivity contribution in [2.24, 2.45) is 0 Å². The van der Waals surface area contributed by atoms with Crippen molar-refractivity contribution in [3.63, 3.8) is 0 Å². The van der Waals surface area contributed by atoms with Crippen LogP contribution in [0.2, 0.25) is 0 Å². The summed E-state index contributed by atoms with van der Waals surface area (Å²) in [5.74, 6) is 0.874. The molecule has 0 atom stereocenters. The summed E-state index contributed by atoms with van der Waals surface area (Å²) in [4.78, 5) is 16.2. The van der Waals surface area contributed by atoms with Gasteiger partial charge in [-0.25, -0.2) is 4.98 Å². The second kappa shape index (κ2) is 6.52. The van der Waals surface area contributed by atoms with Crippen molar-refractivity contribution in [1.82, 2.24) is 20.5 Å². The zero-order chi connectivity index (χ0) is 14.5. The van der Waals surface area contributed by atoms with Crippen LogP contribution < -0.4 is 5.32 Å². The molecule has 5 heteroatoms. The Labute approximate surface area is 124 Å². The van der Waals surface area contributed by atoms with E-state index in [4.69, 9.17) is 0 Å². The van der Waals surface area contributed by atoms with Crippen molar-refractivity contribution in [2.75, 3.05) is 6.54 Å². The molecule has 0 fully saturated rings. The Balaban J connectivity index is 1.51. The van der Waals surface area contributed by atoms with E-state index in [2.05, 4.69) is 32.6 Å². The van der Waals surface area contributed by atoms with Crippen LogP contribution in [0.3, 0.4) is 0 Å². The van der Waals surface area contributed by atoms with Crippen molar-refractivity contribution in [3.8, 4) is 0 Å². The van der Waals surface area contributed by atoms with Gasteiger partial charge in [0, 0.05) is 18.5 Å². The van der Waals surface area contributed by atoms with E-state index in [-0.39, 0.29) is 5.91 Å². The molecule has 0 bridgehead atoms. The van der Waals surface area contributed by atoms with Gasteiger partial charge in [-0.3, -0.25) is 9.89 Å². The summed E-state index contributed by atoms with van der Waals surface area (Å²) < 4.78 is 0. The van der Waals surface area contributed by atoms with Crippen molar-refractivity contribution in [1.29, 1.82) is 0 Å². The molecule has 1 amide bonds. The number of nitrogens with one attached hydrogen (secondary N) is 2. The SMILES string of the molecule is O=C(NCCCc1ncn[nH]1)c1ccc2c(c1)CCCC2. The molecular weight excluding hydrogens is 264 g/mol. The van der Waals surface area contributed by atoms with E-state index in [1.807, 2.05) is 6.07 Å². The Hall–Kier alpha value is -2.17. The van der Waals surface area contributed by atoms with Crippen LogP contribution in [0.4, 0.5) is 0 Å². The van der Waals surface area contributed by atoms with Crippen LogP contribution in [0.25, 0.3) is 0 Å². The second-order valence-corrected chi connectivity index (χ2v) is 5.48. The van der Waals surface area contributed by atoms with Gasteiger partial charge in [0.1, 0.15) is 12.2 Å². The first-order valence-corrected chi connectivity index (χ1v) is 7.57. The van der Waals surface area contributed by atoms with E-state index in [1.165, 1.54) is 30.3 Å². The predicted molar refractivity (Wildman–Crippen MR) is 80.1 cm³/mol. The molecule has 2 aromatic rings. The monoisotopic (exact) mass is 284 g/mol. The molecule has 0 aliphatic heterocycles. The number of aromatic amines is 1. The highest BCUT2D eigenvalue weighted by atomic mass is 16.1. The van der Waals surface area contributed by atoms with E-state index in [0.29, 0.717) is 6.54 Å². The number of aryl methyl sites for hydroxylation is 3. The molecule has 1 aromatic heterocycles. The van der Waals surface area contributed by atoms with Crippen LogP contribution >= 0.6 is 0 Å². The van der Waals surface area contributed by atoms with E-state index in [0.717, 1.165) is 37.1 Å². The molecule has 2 N–H and O–H groups in total. The number of carbonyl (C=O) groups is 1. The fourth-order valence-corrected chi connectivity index (χ4v) is 2.79. The maximum absolute atomic E-state index is 12.1. The Morgan fingerprint density at radius 2 is 2.10 bits per heavy atom. The molecule has 1 aliphatic rings. The Bertz CT molecular complexity index is 607. The van der Waals surface area contributed by atoms with Gasteiger partial charge in [0.05, 0.1) is 0 Å². The van der Waals surface area contributed by atoms with Gasteiger partial charge in [0.15, 0.2) is 0 Å². The first-order valence-electron chi connectivity index (χ1n) is 7.57. The number of carbonyl (C=O) groups excluding carboxylic acids is 1. The number of hydrogen-bond acceptors (Lipinski definition) is 3. The molecule has 0 saturated heterocycles. The lowest BCUT2D eigenvalue weighted by Gasteiger charge is -2.16. The lowest BCUT2D eigenvalue weighted by Crippen LogP contribution is -2.25. The third kappa shape index (κ3) is 3.48. The molecule has 0 spiro atoms. The quantitative estimate of drug-likeness (QED) is 0.825. The van der Waals surface area contributed by atoms with Crippen LogP contribution in [-0.2, 0) is 19.3 Å². The van der Waals surface area contributed by atoms with Gasteiger partial charge in [-0.15, -0.1) is 0 Å². The summed E-state index contributed by atoms with van der Waals surface area (Å²) in [6, 6.07) is 6.11. The van der Waals surface area contributed by atoms with Gasteiger partial charge in [-0.2, -0.15) is 5.10 Å². The first-order chi connectivity index (χ1) is 10.3. The third-order valence-electron chi connectivity index (χ3n) is 3.95. The van der Waals surface area contributed by atoms with Gasteiger partial charge < -0.3 is 5.32 Å². The molecule has 1 heterocycles. The number of fused-ring (bicyclic) bond motifs is 1. The average Bonchev–Trinajstić information content (AvgIpc) is 3.04. The Morgan fingerprint density at radius 1 is 1.24 bits per heavy atom. The van der Waals surface area contributed by atoms with E-state index in [9.17, 15) is 4.79 Å². The van der Waals surface area contributed by atoms with Crippen LogP contribution in [0.15, 0.2) is 24.5 Å². The summed E-state index contributed by atoms with van der Waals surface area (Å²) in [5.41, 5.74) is 3.52. The predicted octanol–water partition coefficient (Wildman–Crippen LogP) is 2.05. The minimum Gasteiger partial charge on any atom is -0.352 e. The number of aromatic nitrogens is 3. The highest BCUT2D eigenvalue weighted by Crippen LogP contribution is 2.22. The van der Waals surface area contributed by atoms with Crippen molar-refractivity contribution in [3.05, 3.63) is 47.0 Å². The average molecular weight is 284 g/mol. The highest BCUT2D eigenvalue weighted by molar-refractivity contribution is 5.94. The van der Waals surface area contributed by atoms with Crippen molar-refractivity contribution < 1.29 is 4.79 Å². The number of hydrogen-bond donors (Lipinski definition) is 2. The summed E-state index contributed by atoms with van der Waals surface area (Å²) >= 11 is 0. The molecule has 1 aromatic carbocycles. The molecule has 3 rings (SSSR count). The minimum absolute atomic E-state index is 0.0148. The minimum atomic E-state index is 0.0148. The van der Waals surface area contributed by atoms with E-state index in [1.54, 1.807) is 0 Å². The smallest absolute Gasteiger partial charge is 0.251 e. The van der Waals surface area contributed by atoms with Crippen LogP contribution in [0.5, 0.6) is 0 Å². The van der Waals surface area contributed by atoms with Gasteiger partial charge >= 0.3 is 0 Å². The Kier molecular flexibility index (Phi) is 4.28. The topological polar surface area (TPSA) is 70.7 Å². The molecule has 0 radical (unpaired) electrons. The zero-order valence-electron chi connectivity index (χ0n) is 12.1. The molecular formula is C16H20N4O. The van der Waals surface area contributed by atoms with Gasteiger partial charge in [-0.05, 0) is 55.4 Å². The summed E-state index contributed by atoms with van der Waals surface area (Å²) in [6.45, 7) is 0.649. The fourth-order valence-electron chi connectivity index (χ4n) is 2.79. The highest BCUT2D eigenvalue weighted by Gasteiger charge is 2.12. The summed E-state index contributed by atoms with van der Waals surface area (Å²) in [7, 11) is 0. The van der Waals surface area contributed by atoms with Gasteiger partial charge in [0.2, 0.25) is 0 Å². The van der Waals surface area contributed by atoms with Crippen LogP contribution in [0.1, 0.15) is 46.6 Å². The molecule has 5 nitrogen and oxygen atoms in total. The zero-order valence-corrected chi connectivity index (χ0v) is 12.1. The summed E-state index contributed by atoms with van der Waals surface area (Å²) in [6.07, 6.45) is 7.89. The molecule has 0 saturated carbocycles. The maximum Gasteiger partial charge on any atom is 0.251 e. The van der Waals surface area contributed by atoms with Crippen molar-refractivity contribution in [2.45, 2.75) is 38.5 Å². The number of rotatable bonds is 5. The lowest BCUT2D eigenvalue weighted by molar-refractivity contribution is 0.0953. The second-order valence-electron chi connectivity index (χ2n) is 5.48. The molecule has 21 heavy (non-hydrogen) atoms. The number of nitrogens with zero attached hydrogens (tertiary/aromatic N) is 2. The number of amides is 1. The van der Waals surface area contributed by atoms with Crippen molar-refractivity contribution >= 4 is 5.91 Å². The molecule has 1 aliphatic carbocycles. The standard InChI is InChI=1S/C16H20N4O/c21-16(17-9-3-6-15-18-11-19-20-15)14-8-7-12-4-1-2-5-13(12)10-14/h7-8,10-11H,1-6,9H2,(H,17,21)(H,18,19,20). The van der Waals surface area contributed by atoms with Crippen LogP contribution in [0, 0.1) is 0 Å². The normalized spacial score (nSPS) is 13.7. The van der Waals surface area contributed by atoms with E-state index >= 15 is 0 Å². The molecule has 0 unspecified atom stereocenters. The Morgan fingerprint density at radius 3 is 2.90 bits per heavy atom. The number of H-pyrrole nitrogens is 1. The van der Waals surface area contributed by atoms with E-state index < -0.39 is 0 Å². The largest absolute Gasteiger partial charge is 0.352 e. The fraction of sp³-hybridized carbons (Fsp3) is 0.438. The maximum atomic E-state index is 12.1. The summed E-state index contributed by atoms with van der Waals surface area (Å²) in [5, 5.41) is 9.59. The molecule has 110 valence electrons.